The summed E-state index contributed by atoms with van der Waals surface area (Å²) < 4.78 is 0. The lowest BCUT2D eigenvalue weighted by molar-refractivity contribution is -0.123. The second-order valence-corrected chi connectivity index (χ2v) is 5.36. The van der Waals surface area contributed by atoms with Crippen molar-refractivity contribution < 1.29 is 9.59 Å². The third kappa shape index (κ3) is 4.78. The van der Waals surface area contributed by atoms with Crippen molar-refractivity contribution in [1.82, 2.24) is 10.7 Å². The van der Waals surface area contributed by atoms with Crippen LogP contribution >= 0.6 is 0 Å². The first-order chi connectivity index (χ1) is 11.6. The maximum Gasteiger partial charge on any atom is 0.267 e. The Hall–Kier alpha value is -2.95. The predicted molar refractivity (Wildman–Crippen MR) is 94.6 cm³/mol. The summed E-state index contributed by atoms with van der Waals surface area (Å²) in [5, 5.41) is 6.81. The molecule has 0 heterocycles. The van der Waals surface area contributed by atoms with Crippen molar-refractivity contribution in [1.29, 1.82) is 0 Å². The fourth-order valence-corrected chi connectivity index (χ4v) is 2.04. The van der Waals surface area contributed by atoms with Crippen molar-refractivity contribution in [3.8, 4) is 0 Å². The smallest absolute Gasteiger partial charge is 0.267 e. The van der Waals surface area contributed by atoms with Crippen molar-refractivity contribution in [2.45, 2.75) is 26.3 Å². The molecule has 2 amide bonds. The van der Waals surface area contributed by atoms with Crippen LogP contribution in [0.3, 0.4) is 0 Å². The van der Waals surface area contributed by atoms with Crippen LogP contribution in [-0.2, 0) is 4.79 Å². The van der Waals surface area contributed by atoms with E-state index in [-0.39, 0.29) is 11.8 Å². The average molecular weight is 323 g/mol. The van der Waals surface area contributed by atoms with Crippen molar-refractivity contribution in [3.05, 3.63) is 71.8 Å². The summed E-state index contributed by atoms with van der Waals surface area (Å²) >= 11 is 0. The highest BCUT2D eigenvalue weighted by Gasteiger charge is 2.23. The van der Waals surface area contributed by atoms with Gasteiger partial charge in [-0.15, -0.1) is 0 Å². The van der Waals surface area contributed by atoms with Crippen molar-refractivity contribution in [2.24, 2.45) is 5.10 Å². The van der Waals surface area contributed by atoms with Gasteiger partial charge in [0.25, 0.3) is 11.8 Å². The van der Waals surface area contributed by atoms with Crippen LogP contribution in [0.4, 0.5) is 0 Å². The summed E-state index contributed by atoms with van der Waals surface area (Å²) in [5.74, 6) is -0.686. The molecule has 5 heteroatoms. The fraction of sp³-hybridized carbons (Fsp3) is 0.211. The van der Waals surface area contributed by atoms with Gasteiger partial charge in [0.1, 0.15) is 6.04 Å². The Kier molecular flexibility index (Phi) is 6.25. The van der Waals surface area contributed by atoms with Crippen molar-refractivity contribution in [3.63, 3.8) is 0 Å². The third-order valence-electron chi connectivity index (χ3n) is 3.58. The van der Waals surface area contributed by atoms with E-state index in [9.17, 15) is 9.59 Å². The minimum absolute atomic E-state index is 0.309. The predicted octanol–water partition coefficient (Wildman–Crippen LogP) is 3.06. The Labute approximate surface area is 141 Å². The number of nitrogens with zero attached hydrogens (tertiary/aromatic N) is 1. The molecule has 5 nitrogen and oxygen atoms in total. The van der Waals surface area contributed by atoms with E-state index in [1.54, 1.807) is 36.4 Å². The van der Waals surface area contributed by atoms with Gasteiger partial charge in [0.15, 0.2) is 0 Å². The molecule has 24 heavy (non-hydrogen) atoms. The number of nitrogens with one attached hydrogen (secondary N) is 2. The van der Waals surface area contributed by atoms with E-state index in [4.69, 9.17) is 0 Å². The Bertz CT molecular complexity index is 712. The molecule has 0 spiro atoms. The van der Waals surface area contributed by atoms with Gasteiger partial charge < -0.3 is 5.32 Å². The Morgan fingerprint density at radius 2 is 1.58 bits per heavy atom. The largest absolute Gasteiger partial charge is 0.336 e. The van der Waals surface area contributed by atoms with Gasteiger partial charge in [0.05, 0.1) is 0 Å². The molecule has 0 radical (unpaired) electrons. The van der Waals surface area contributed by atoms with E-state index in [1.165, 1.54) is 0 Å². The molecule has 0 fully saturated rings. The van der Waals surface area contributed by atoms with Gasteiger partial charge in [-0.2, -0.15) is 5.10 Å². The molecule has 1 atom stereocenters. The average Bonchev–Trinajstić information content (AvgIpc) is 2.65. The van der Waals surface area contributed by atoms with E-state index in [1.807, 2.05) is 38.1 Å². The Morgan fingerprint density at radius 1 is 1.00 bits per heavy atom. The summed E-state index contributed by atoms with van der Waals surface area (Å²) in [4.78, 5) is 24.9. The van der Waals surface area contributed by atoms with Gasteiger partial charge in [-0.05, 0) is 31.0 Å². The number of hydrazone groups is 1. The van der Waals surface area contributed by atoms with Crippen LogP contribution in [0, 0.1) is 0 Å². The Balaban J connectivity index is 2.20. The molecule has 2 rings (SSSR count). The van der Waals surface area contributed by atoms with Crippen LogP contribution in [0.2, 0.25) is 0 Å². The zero-order valence-electron chi connectivity index (χ0n) is 13.8. The van der Waals surface area contributed by atoms with Gasteiger partial charge in [0.2, 0.25) is 0 Å². The number of amides is 2. The van der Waals surface area contributed by atoms with E-state index < -0.39 is 6.04 Å². The van der Waals surface area contributed by atoms with Gasteiger partial charge in [-0.3, -0.25) is 9.59 Å². The molecule has 124 valence electrons. The number of carbonyl (C=O) groups excluding carboxylic acids is 2. The fourth-order valence-electron chi connectivity index (χ4n) is 2.04. The Morgan fingerprint density at radius 3 is 2.17 bits per heavy atom. The minimum atomic E-state index is -0.813. The number of carbonyl (C=O) groups is 2. The van der Waals surface area contributed by atoms with E-state index >= 15 is 0 Å². The lowest BCUT2D eigenvalue weighted by atomic mass is 10.1. The molecule has 2 N–H and O–H groups in total. The van der Waals surface area contributed by atoms with Crippen LogP contribution < -0.4 is 10.7 Å². The summed E-state index contributed by atoms with van der Waals surface area (Å²) in [5.41, 5.74) is 4.53. The first kappa shape index (κ1) is 17.4. The van der Waals surface area contributed by atoms with Crippen molar-refractivity contribution in [2.75, 3.05) is 0 Å². The van der Waals surface area contributed by atoms with Crippen LogP contribution in [0.15, 0.2) is 65.8 Å². The topological polar surface area (TPSA) is 70.6 Å². The summed E-state index contributed by atoms with van der Waals surface area (Å²) in [6, 6.07) is 17.1. The minimum Gasteiger partial charge on any atom is -0.336 e. The summed E-state index contributed by atoms with van der Waals surface area (Å²) in [6.45, 7) is 3.79. The molecule has 0 aromatic heterocycles. The summed E-state index contributed by atoms with van der Waals surface area (Å²) in [6.07, 6.45) is 0.743. The second kappa shape index (κ2) is 8.62. The third-order valence-corrected chi connectivity index (χ3v) is 3.58. The molecule has 0 saturated carbocycles. The number of rotatable bonds is 6. The molecule has 0 saturated heterocycles. The van der Waals surface area contributed by atoms with Gasteiger partial charge in [0, 0.05) is 11.3 Å². The second-order valence-electron chi connectivity index (χ2n) is 5.36. The molecule has 0 aliphatic rings. The van der Waals surface area contributed by atoms with E-state index in [2.05, 4.69) is 15.8 Å². The number of hydrogen-bond donors (Lipinski definition) is 2. The van der Waals surface area contributed by atoms with Gasteiger partial charge in [-0.1, -0.05) is 55.5 Å². The monoisotopic (exact) mass is 323 g/mol. The van der Waals surface area contributed by atoms with Crippen LogP contribution in [-0.4, -0.2) is 17.5 Å². The standard InChI is InChI=1S/C19H21N3O2/c1-3-14(2)21-22-19(24)17(15-10-6-4-7-11-15)20-18(23)16-12-8-5-9-13-16/h4-13,17H,3H2,1-2H3,(H,20,23)(H,22,24)/b21-14-. The first-order valence-electron chi connectivity index (χ1n) is 7.85. The lowest BCUT2D eigenvalue weighted by Crippen LogP contribution is -2.39. The van der Waals surface area contributed by atoms with Crippen LogP contribution in [0.5, 0.6) is 0 Å². The summed E-state index contributed by atoms with van der Waals surface area (Å²) in [7, 11) is 0. The molecule has 0 bridgehead atoms. The molecule has 1 unspecified atom stereocenters. The quantitative estimate of drug-likeness (QED) is 0.633. The molecule has 2 aromatic rings. The molecular formula is C19H21N3O2. The molecule has 0 aliphatic carbocycles. The molecular weight excluding hydrogens is 302 g/mol. The first-order valence-corrected chi connectivity index (χ1v) is 7.85. The zero-order valence-corrected chi connectivity index (χ0v) is 13.8. The van der Waals surface area contributed by atoms with Gasteiger partial charge >= 0.3 is 0 Å². The maximum absolute atomic E-state index is 12.5. The van der Waals surface area contributed by atoms with E-state index in [0.29, 0.717) is 11.1 Å². The highest BCUT2D eigenvalue weighted by molar-refractivity contribution is 5.98. The normalized spacial score (nSPS) is 12.3. The van der Waals surface area contributed by atoms with Gasteiger partial charge in [-0.25, -0.2) is 5.43 Å². The lowest BCUT2D eigenvalue weighted by Gasteiger charge is -2.17. The van der Waals surface area contributed by atoms with Crippen molar-refractivity contribution >= 4 is 17.5 Å². The van der Waals surface area contributed by atoms with Crippen LogP contribution in [0.1, 0.15) is 42.2 Å². The zero-order chi connectivity index (χ0) is 17.4. The van der Waals surface area contributed by atoms with Crippen LogP contribution in [0.25, 0.3) is 0 Å². The molecule has 2 aromatic carbocycles. The maximum atomic E-state index is 12.5. The SMILES string of the molecule is CC/C(C)=N\NC(=O)C(NC(=O)c1ccccc1)c1ccccc1. The highest BCUT2D eigenvalue weighted by Crippen LogP contribution is 2.14. The highest BCUT2D eigenvalue weighted by atomic mass is 16.2. The van der Waals surface area contributed by atoms with E-state index in [0.717, 1.165) is 12.1 Å². The number of benzene rings is 2. The number of hydrogen-bond acceptors (Lipinski definition) is 3. The molecule has 0 aliphatic heterocycles.